The lowest BCUT2D eigenvalue weighted by atomic mass is 10.0. The summed E-state index contributed by atoms with van der Waals surface area (Å²) in [5.41, 5.74) is 21.2. The van der Waals surface area contributed by atoms with Crippen LogP contribution in [0.2, 0.25) is 0 Å². The normalized spacial score (nSPS) is 14.9. The third kappa shape index (κ3) is 13.8. The molecule has 1 aliphatic heterocycles. The van der Waals surface area contributed by atoms with E-state index in [4.69, 9.17) is 17.2 Å². The van der Waals surface area contributed by atoms with Gasteiger partial charge in [0, 0.05) is 71.9 Å². The fourth-order valence-electron chi connectivity index (χ4n) is 6.34. The highest BCUT2D eigenvalue weighted by atomic mass is 16.2. The van der Waals surface area contributed by atoms with E-state index in [2.05, 4.69) is 73.2 Å². The number of hydrogen-bond acceptors (Lipinski definition) is 9. The van der Waals surface area contributed by atoms with Crippen molar-refractivity contribution in [1.82, 2.24) is 46.1 Å². The molecule has 18 nitrogen and oxygen atoms in total. The summed E-state index contributed by atoms with van der Waals surface area (Å²) in [5.74, 6) is -3.35. The fourth-order valence-corrected chi connectivity index (χ4v) is 6.34. The molecule has 4 unspecified atom stereocenters. The number of H-pyrrole nitrogens is 3. The second kappa shape index (κ2) is 22.4. The zero-order valence-corrected chi connectivity index (χ0v) is 33.7. The van der Waals surface area contributed by atoms with Crippen molar-refractivity contribution >= 4 is 57.2 Å². The molecule has 6 rings (SSSR count). The van der Waals surface area contributed by atoms with E-state index in [0.717, 1.165) is 23.0 Å². The molecule has 3 aromatic heterocycles. The van der Waals surface area contributed by atoms with E-state index in [1.165, 1.54) is 47.5 Å². The minimum absolute atomic E-state index is 0.00844. The average Bonchev–Trinajstić information content (AvgIpc) is 4.03. The van der Waals surface area contributed by atoms with Crippen LogP contribution in [-0.4, -0.2) is 111 Å². The number of benzene rings is 2. The van der Waals surface area contributed by atoms with Gasteiger partial charge in [-0.05, 0) is 50.1 Å². The van der Waals surface area contributed by atoms with Crippen LogP contribution in [0, 0.1) is 6.92 Å². The molecule has 4 atom stereocenters. The van der Waals surface area contributed by atoms with Crippen LogP contribution in [-0.2, 0) is 41.6 Å². The molecule has 6 amide bonds. The van der Waals surface area contributed by atoms with Gasteiger partial charge >= 0.3 is 0 Å². The van der Waals surface area contributed by atoms with Crippen molar-refractivity contribution in [2.75, 3.05) is 26.2 Å². The number of likely N-dealkylation sites (tertiary alicyclic amines) is 1. The molecule has 1 saturated heterocycles. The number of amides is 6. The number of aromatic nitrogens is 4. The van der Waals surface area contributed by atoms with Crippen LogP contribution in [0.1, 0.15) is 49.9 Å². The van der Waals surface area contributed by atoms with Crippen molar-refractivity contribution in [3.8, 4) is 0 Å². The summed E-state index contributed by atoms with van der Waals surface area (Å²) in [6.07, 6.45) is 9.49. The lowest BCUT2D eigenvalue weighted by molar-refractivity contribution is -0.132. The van der Waals surface area contributed by atoms with Gasteiger partial charge in [-0.3, -0.25) is 28.8 Å². The van der Waals surface area contributed by atoms with Crippen LogP contribution in [0.15, 0.2) is 73.4 Å². The Labute approximate surface area is 342 Å². The Kier molecular flexibility index (Phi) is 17.2. The second-order valence-electron chi connectivity index (χ2n) is 14.3. The van der Waals surface area contributed by atoms with Gasteiger partial charge < -0.3 is 58.3 Å². The molecule has 316 valence electrons. The summed E-state index contributed by atoms with van der Waals surface area (Å²) < 4.78 is 0. The third-order valence-corrected chi connectivity index (χ3v) is 9.52. The van der Waals surface area contributed by atoms with Gasteiger partial charge in [0.25, 0.3) is 0 Å². The molecule has 59 heavy (non-hydrogen) atoms. The van der Waals surface area contributed by atoms with E-state index in [9.17, 15) is 28.8 Å². The number of unbranched alkanes of at least 4 members (excludes halogenated alkanes) is 1. The first-order valence-corrected chi connectivity index (χ1v) is 19.5. The molecule has 5 aromatic rings. The zero-order chi connectivity index (χ0) is 42.9. The molecule has 18 heteroatoms. The van der Waals surface area contributed by atoms with Crippen LogP contribution in [0.5, 0.6) is 0 Å². The van der Waals surface area contributed by atoms with Gasteiger partial charge in [-0.1, -0.05) is 49.7 Å². The highest BCUT2D eigenvalue weighted by Gasteiger charge is 2.32. The number of carbonyl (C=O) groups excluding carboxylic acids is 6. The zero-order valence-electron chi connectivity index (χ0n) is 33.7. The van der Waals surface area contributed by atoms with Crippen molar-refractivity contribution in [2.24, 2.45) is 17.2 Å². The smallest absolute Gasteiger partial charge is 0.243 e. The van der Waals surface area contributed by atoms with E-state index in [1.54, 1.807) is 12.4 Å². The predicted octanol–water partition coefficient (Wildman–Crippen LogP) is 0.533. The molecule has 0 saturated carbocycles. The van der Waals surface area contributed by atoms with Gasteiger partial charge in [0.1, 0.15) is 12.1 Å². The standard InChI is InChI=1S/C28H36N10O6.C9H9N.C4H11N/c1-15(26(42)33-11-24(40)36-18-8-25(41)38(12-18)13-23(30)39)35-28(44)22(6-16-9-32-21-5-3-2-4-19(16)21)37-27(43)20(29)7-17-10-31-14-34-17;1-7-6-10-9-5-3-2-4-8(7)9;1-2-3-4-5/h2-5,9-10,14-15,18,20,22,32H,6-8,11-13,29H2,1H3,(H2,30,39)(H,31,34)(H,33,42)(H,35,44)(H,36,40)(H,37,43);2-6,10H,1H3;2-5H2,1H3. The van der Waals surface area contributed by atoms with Crippen LogP contribution in [0.25, 0.3) is 21.8 Å². The minimum atomic E-state index is -1.07. The average molecular weight is 813 g/mol. The lowest BCUT2D eigenvalue weighted by Crippen LogP contribution is -2.56. The first-order chi connectivity index (χ1) is 28.3. The largest absolute Gasteiger partial charge is 0.368 e. The third-order valence-electron chi connectivity index (χ3n) is 9.52. The molecular formula is C41H56N12O6. The molecule has 4 heterocycles. The quantitative estimate of drug-likeness (QED) is 0.0664. The van der Waals surface area contributed by atoms with E-state index < -0.39 is 60.2 Å². The SMILES string of the molecule is CC(NC(=O)C(Cc1c[nH]c2ccccc12)NC(=O)C(N)Cc1cnc[nH]1)C(=O)NCC(=O)NC1CC(=O)N(CC(N)=O)C1.CCCCN.Cc1c[nH]c2ccccc12. The Balaban J connectivity index is 0.000000426. The molecule has 0 radical (unpaired) electrons. The van der Waals surface area contributed by atoms with Crippen molar-refractivity contribution in [1.29, 1.82) is 0 Å². The molecule has 1 aliphatic rings. The first kappa shape index (κ1) is 45.2. The van der Waals surface area contributed by atoms with Crippen molar-refractivity contribution in [3.63, 3.8) is 0 Å². The van der Waals surface area contributed by atoms with Gasteiger partial charge in [-0.15, -0.1) is 0 Å². The molecule has 0 bridgehead atoms. The number of nitrogens with zero attached hydrogens (tertiary/aromatic N) is 2. The molecular weight excluding hydrogens is 757 g/mol. The van der Waals surface area contributed by atoms with E-state index in [-0.39, 0.29) is 38.3 Å². The number of nitrogens with two attached hydrogens (primary N) is 3. The number of fused-ring (bicyclic) bond motifs is 2. The number of aromatic amines is 3. The van der Waals surface area contributed by atoms with Crippen LogP contribution < -0.4 is 38.5 Å². The van der Waals surface area contributed by atoms with Gasteiger partial charge in [0.2, 0.25) is 35.4 Å². The Morgan fingerprint density at radius 2 is 1.59 bits per heavy atom. The van der Waals surface area contributed by atoms with Gasteiger partial charge in [-0.25, -0.2) is 4.98 Å². The van der Waals surface area contributed by atoms with E-state index in [1.807, 2.05) is 36.5 Å². The summed E-state index contributed by atoms with van der Waals surface area (Å²) in [6.45, 7) is 6.01. The Morgan fingerprint density at radius 1 is 0.915 bits per heavy atom. The predicted molar refractivity (Wildman–Crippen MR) is 224 cm³/mol. The number of carbonyl (C=O) groups is 6. The van der Waals surface area contributed by atoms with Crippen molar-refractivity contribution < 1.29 is 28.8 Å². The number of primary amides is 1. The lowest BCUT2D eigenvalue weighted by Gasteiger charge is -2.22. The Hall–Kier alpha value is -6.53. The minimum Gasteiger partial charge on any atom is -0.368 e. The van der Waals surface area contributed by atoms with Crippen molar-refractivity contribution in [2.45, 2.75) is 77.0 Å². The first-order valence-electron chi connectivity index (χ1n) is 19.5. The summed E-state index contributed by atoms with van der Waals surface area (Å²) in [4.78, 5) is 88.9. The van der Waals surface area contributed by atoms with Gasteiger partial charge in [0.05, 0.1) is 31.5 Å². The number of rotatable bonds is 16. The number of nitrogens with one attached hydrogen (secondary N) is 7. The summed E-state index contributed by atoms with van der Waals surface area (Å²) >= 11 is 0. The Bertz CT molecular complexity index is 2160. The molecule has 0 aliphatic carbocycles. The van der Waals surface area contributed by atoms with Crippen LogP contribution in [0.4, 0.5) is 0 Å². The number of para-hydroxylation sites is 2. The maximum absolute atomic E-state index is 13.4. The van der Waals surface area contributed by atoms with Gasteiger partial charge in [0.15, 0.2) is 0 Å². The van der Waals surface area contributed by atoms with E-state index in [0.29, 0.717) is 5.69 Å². The van der Waals surface area contributed by atoms with Crippen LogP contribution in [0.3, 0.4) is 0 Å². The summed E-state index contributed by atoms with van der Waals surface area (Å²) in [5, 5.41) is 12.6. The highest BCUT2D eigenvalue weighted by Crippen LogP contribution is 2.20. The fraction of sp³-hybridized carbons (Fsp3) is 0.390. The maximum atomic E-state index is 13.4. The molecule has 0 spiro atoms. The van der Waals surface area contributed by atoms with Gasteiger partial charge in [-0.2, -0.15) is 0 Å². The number of aryl methyl sites for hydroxylation is 1. The monoisotopic (exact) mass is 812 g/mol. The van der Waals surface area contributed by atoms with Crippen LogP contribution >= 0.6 is 0 Å². The number of imidazole rings is 1. The topological polar surface area (TPSA) is 292 Å². The number of hydrogen-bond donors (Lipinski definition) is 10. The maximum Gasteiger partial charge on any atom is 0.243 e. The van der Waals surface area contributed by atoms with E-state index >= 15 is 0 Å². The summed E-state index contributed by atoms with van der Waals surface area (Å²) in [7, 11) is 0. The molecule has 1 fully saturated rings. The van der Waals surface area contributed by atoms with Crippen molar-refractivity contribution in [3.05, 3.63) is 90.3 Å². The Morgan fingerprint density at radius 3 is 2.22 bits per heavy atom. The molecule has 2 aromatic carbocycles. The summed E-state index contributed by atoms with van der Waals surface area (Å²) in [6, 6.07) is 12.2. The highest BCUT2D eigenvalue weighted by molar-refractivity contribution is 5.95. The molecule has 13 N–H and O–H groups in total. The second-order valence-corrected chi connectivity index (χ2v) is 14.3.